The Bertz CT molecular complexity index is 272. The van der Waals surface area contributed by atoms with Crippen LogP contribution in [0.25, 0.3) is 0 Å². The first-order valence-corrected chi connectivity index (χ1v) is 5.17. The molecular formula is C12H19NO2. The van der Waals surface area contributed by atoms with E-state index in [0.717, 1.165) is 5.56 Å². The van der Waals surface area contributed by atoms with Crippen molar-refractivity contribution in [3.05, 3.63) is 35.9 Å². The number of benzene rings is 1. The van der Waals surface area contributed by atoms with Crippen molar-refractivity contribution in [1.82, 2.24) is 5.32 Å². The topological polar surface area (TPSA) is 49.3 Å². The summed E-state index contributed by atoms with van der Waals surface area (Å²) in [7, 11) is 0. The molecule has 15 heavy (non-hydrogen) atoms. The Morgan fingerprint density at radius 3 is 2.27 bits per heavy atom. The highest BCUT2D eigenvalue weighted by Crippen LogP contribution is 2.10. The molecule has 0 fully saturated rings. The van der Waals surface area contributed by atoms with Crippen molar-refractivity contribution in [3.8, 4) is 0 Å². The molecule has 3 heteroatoms. The van der Waals surface area contributed by atoms with Crippen molar-refractivity contribution >= 4 is 5.91 Å². The van der Waals surface area contributed by atoms with E-state index in [1.807, 2.05) is 44.2 Å². The molecule has 0 saturated heterocycles. The third-order valence-electron chi connectivity index (χ3n) is 1.76. The monoisotopic (exact) mass is 209 g/mol. The van der Waals surface area contributed by atoms with Gasteiger partial charge < -0.3 is 10.4 Å². The summed E-state index contributed by atoms with van der Waals surface area (Å²) in [5.41, 5.74) is 0.917. The first-order chi connectivity index (χ1) is 7.24. The van der Waals surface area contributed by atoms with Crippen LogP contribution in [0.1, 0.15) is 32.4 Å². The van der Waals surface area contributed by atoms with Gasteiger partial charge in [-0.05, 0) is 5.56 Å². The first kappa shape index (κ1) is 13.7. The fourth-order valence-corrected chi connectivity index (χ4v) is 1.17. The molecule has 0 spiro atoms. The van der Waals surface area contributed by atoms with Crippen LogP contribution in [0.15, 0.2) is 30.3 Å². The summed E-state index contributed by atoms with van der Waals surface area (Å²) >= 11 is 0. The summed E-state index contributed by atoms with van der Waals surface area (Å²) in [6.07, 6.45) is 0. The zero-order valence-electron chi connectivity index (χ0n) is 9.53. The molecule has 3 nitrogen and oxygen atoms in total. The molecule has 0 heterocycles. The third kappa shape index (κ3) is 5.18. The predicted octanol–water partition coefficient (Wildman–Crippen LogP) is 1.88. The Hall–Kier alpha value is -1.35. The van der Waals surface area contributed by atoms with Gasteiger partial charge in [0.05, 0.1) is 12.6 Å². The van der Waals surface area contributed by atoms with Crippen molar-refractivity contribution in [1.29, 1.82) is 0 Å². The van der Waals surface area contributed by atoms with E-state index in [-0.39, 0.29) is 18.6 Å². The maximum absolute atomic E-state index is 10.8. The maximum atomic E-state index is 10.8. The highest BCUT2D eigenvalue weighted by molar-refractivity contribution is 5.73. The average molecular weight is 209 g/mol. The minimum atomic E-state index is -0.293. The average Bonchev–Trinajstić information content (AvgIpc) is 2.29. The van der Waals surface area contributed by atoms with Gasteiger partial charge in [0.15, 0.2) is 0 Å². The zero-order valence-corrected chi connectivity index (χ0v) is 9.53. The second-order valence-electron chi connectivity index (χ2n) is 2.85. The van der Waals surface area contributed by atoms with Gasteiger partial charge in [-0.2, -0.15) is 0 Å². The largest absolute Gasteiger partial charge is 0.394 e. The number of aliphatic hydroxyl groups is 1. The summed E-state index contributed by atoms with van der Waals surface area (Å²) < 4.78 is 0. The molecule has 2 N–H and O–H groups in total. The zero-order chi connectivity index (χ0) is 11.7. The molecule has 0 radical (unpaired) electrons. The molecule has 1 rings (SSSR count). The van der Waals surface area contributed by atoms with Crippen LogP contribution in [-0.4, -0.2) is 17.6 Å². The van der Waals surface area contributed by atoms with Crippen LogP contribution in [0.2, 0.25) is 0 Å². The first-order valence-electron chi connectivity index (χ1n) is 5.17. The molecule has 1 aromatic rings. The molecule has 0 bridgehead atoms. The lowest BCUT2D eigenvalue weighted by Gasteiger charge is -2.14. The smallest absolute Gasteiger partial charge is 0.217 e. The number of aliphatic hydroxyl groups excluding tert-OH is 1. The van der Waals surface area contributed by atoms with Gasteiger partial charge in [-0.15, -0.1) is 0 Å². The summed E-state index contributed by atoms with van der Waals surface area (Å²) in [5.74, 6) is -0.136. The second kappa shape index (κ2) is 8.00. The van der Waals surface area contributed by atoms with E-state index in [2.05, 4.69) is 5.32 Å². The quantitative estimate of drug-likeness (QED) is 0.798. The standard InChI is InChI=1S/C10H13NO2.C2H6/c1-8(13)11-10(7-12)9-5-3-2-4-6-9;1-2/h2-6,10,12H,7H2,1H3,(H,11,13);1-2H3/t10-;/m1./s1. The predicted molar refractivity (Wildman–Crippen MR) is 61.4 cm³/mol. The molecule has 0 unspecified atom stereocenters. The highest BCUT2D eigenvalue weighted by atomic mass is 16.3. The van der Waals surface area contributed by atoms with Crippen LogP contribution < -0.4 is 5.32 Å². The molecule has 0 saturated carbocycles. The second-order valence-corrected chi connectivity index (χ2v) is 2.85. The van der Waals surface area contributed by atoms with Crippen LogP contribution in [-0.2, 0) is 4.79 Å². The summed E-state index contributed by atoms with van der Waals surface area (Å²) in [5, 5.41) is 11.7. The molecule has 0 aromatic heterocycles. The van der Waals surface area contributed by atoms with Crippen molar-refractivity contribution in [3.63, 3.8) is 0 Å². The fourth-order valence-electron chi connectivity index (χ4n) is 1.17. The van der Waals surface area contributed by atoms with E-state index in [0.29, 0.717) is 0 Å². The van der Waals surface area contributed by atoms with Gasteiger partial charge in [-0.3, -0.25) is 4.79 Å². The minimum absolute atomic E-state index is 0.0798. The number of hydrogen-bond acceptors (Lipinski definition) is 2. The van der Waals surface area contributed by atoms with Gasteiger partial charge in [0, 0.05) is 6.92 Å². The van der Waals surface area contributed by atoms with Gasteiger partial charge in [-0.25, -0.2) is 0 Å². The van der Waals surface area contributed by atoms with Crippen LogP contribution in [0, 0.1) is 0 Å². The fraction of sp³-hybridized carbons (Fsp3) is 0.417. The van der Waals surface area contributed by atoms with Gasteiger partial charge in [-0.1, -0.05) is 44.2 Å². The van der Waals surface area contributed by atoms with Crippen molar-refractivity contribution in [2.45, 2.75) is 26.8 Å². The highest BCUT2D eigenvalue weighted by Gasteiger charge is 2.09. The van der Waals surface area contributed by atoms with E-state index in [1.165, 1.54) is 6.92 Å². The molecule has 1 atom stereocenters. The van der Waals surface area contributed by atoms with Crippen molar-refractivity contribution in [2.24, 2.45) is 0 Å². The van der Waals surface area contributed by atoms with E-state index < -0.39 is 0 Å². The molecule has 0 aliphatic rings. The maximum Gasteiger partial charge on any atom is 0.217 e. The van der Waals surface area contributed by atoms with Crippen LogP contribution in [0.3, 0.4) is 0 Å². The SMILES string of the molecule is CC.CC(=O)N[C@H](CO)c1ccccc1. The molecule has 1 aromatic carbocycles. The van der Waals surface area contributed by atoms with E-state index >= 15 is 0 Å². The van der Waals surface area contributed by atoms with Gasteiger partial charge >= 0.3 is 0 Å². The van der Waals surface area contributed by atoms with Crippen LogP contribution in [0.5, 0.6) is 0 Å². The Balaban J connectivity index is 0.000000921. The Labute approximate surface area is 91.1 Å². The van der Waals surface area contributed by atoms with E-state index in [4.69, 9.17) is 5.11 Å². The molecular weight excluding hydrogens is 190 g/mol. The number of amides is 1. The lowest BCUT2D eigenvalue weighted by molar-refractivity contribution is -0.120. The summed E-state index contributed by atoms with van der Waals surface area (Å²) in [6, 6.07) is 9.10. The summed E-state index contributed by atoms with van der Waals surface area (Å²) in [4.78, 5) is 10.8. The van der Waals surface area contributed by atoms with Gasteiger partial charge in [0.1, 0.15) is 0 Å². The lowest BCUT2D eigenvalue weighted by Crippen LogP contribution is -2.28. The summed E-state index contributed by atoms with van der Waals surface area (Å²) in [6.45, 7) is 5.36. The number of carbonyl (C=O) groups excluding carboxylic acids is 1. The van der Waals surface area contributed by atoms with Crippen LogP contribution in [0.4, 0.5) is 0 Å². The van der Waals surface area contributed by atoms with Crippen LogP contribution >= 0.6 is 0 Å². The molecule has 0 aliphatic carbocycles. The number of nitrogens with one attached hydrogen (secondary N) is 1. The van der Waals surface area contributed by atoms with Gasteiger partial charge in [0.2, 0.25) is 5.91 Å². The van der Waals surface area contributed by atoms with Gasteiger partial charge in [0.25, 0.3) is 0 Å². The number of rotatable bonds is 3. The number of carbonyl (C=O) groups is 1. The van der Waals surface area contributed by atoms with E-state index in [9.17, 15) is 4.79 Å². The normalized spacial score (nSPS) is 10.9. The van der Waals surface area contributed by atoms with Crippen molar-refractivity contribution < 1.29 is 9.90 Å². The van der Waals surface area contributed by atoms with Crippen molar-refractivity contribution in [2.75, 3.05) is 6.61 Å². The minimum Gasteiger partial charge on any atom is -0.394 e. The molecule has 0 aliphatic heterocycles. The Kier molecular flexibility index (Phi) is 7.28. The Morgan fingerprint density at radius 1 is 1.33 bits per heavy atom. The molecule has 1 amide bonds. The lowest BCUT2D eigenvalue weighted by atomic mass is 10.1. The van der Waals surface area contributed by atoms with E-state index in [1.54, 1.807) is 0 Å². The number of hydrogen-bond donors (Lipinski definition) is 2. The Morgan fingerprint density at radius 2 is 1.87 bits per heavy atom. The molecule has 84 valence electrons. The third-order valence-corrected chi connectivity index (χ3v) is 1.76.